The largest absolute Gasteiger partial charge is 0.444 e. The van der Waals surface area contributed by atoms with Crippen molar-refractivity contribution >= 4 is 14.4 Å². The van der Waals surface area contributed by atoms with Crippen LogP contribution in [0.4, 0.5) is 4.79 Å². The van der Waals surface area contributed by atoms with Crippen LogP contribution < -0.4 is 5.32 Å². The van der Waals surface area contributed by atoms with Gasteiger partial charge in [0.05, 0.1) is 12.7 Å². The fourth-order valence-electron chi connectivity index (χ4n) is 2.77. The van der Waals surface area contributed by atoms with Gasteiger partial charge in [-0.25, -0.2) is 4.79 Å². The Morgan fingerprint density at radius 2 is 1.64 bits per heavy atom. The molecule has 0 unspecified atom stereocenters. The van der Waals surface area contributed by atoms with Crippen LogP contribution in [0.3, 0.4) is 0 Å². The van der Waals surface area contributed by atoms with Gasteiger partial charge in [0.1, 0.15) is 5.60 Å². The van der Waals surface area contributed by atoms with Crippen molar-refractivity contribution in [3.8, 4) is 0 Å². The summed E-state index contributed by atoms with van der Waals surface area (Å²) >= 11 is 0. The van der Waals surface area contributed by atoms with Crippen LogP contribution in [-0.4, -0.2) is 43.9 Å². The van der Waals surface area contributed by atoms with Gasteiger partial charge in [-0.15, -0.1) is 0 Å². The highest BCUT2D eigenvalue weighted by Gasteiger charge is 2.38. The highest BCUT2D eigenvalue weighted by molar-refractivity contribution is 6.74. The van der Waals surface area contributed by atoms with Crippen molar-refractivity contribution in [2.75, 3.05) is 6.61 Å². The molecule has 6 heteroatoms. The van der Waals surface area contributed by atoms with Crippen LogP contribution in [0.1, 0.15) is 67.2 Å². The molecule has 0 aromatic carbocycles. The Kier molecular flexibility index (Phi) is 7.54. The van der Waals surface area contributed by atoms with E-state index in [-0.39, 0.29) is 23.1 Å². The van der Waals surface area contributed by atoms with E-state index in [4.69, 9.17) is 9.16 Å². The van der Waals surface area contributed by atoms with Gasteiger partial charge in [0.2, 0.25) is 0 Å². The number of aliphatic hydroxyl groups is 1. The second-order valence-corrected chi connectivity index (χ2v) is 14.7. The number of carbonyl (C=O) groups is 1. The molecular formula is C19H39NO4Si. The summed E-state index contributed by atoms with van der Waals surface area (Å²) in [6.07, 6.45) is 2.79. The van der Waals surface area contributed by atoms with Crippen molar-refractivity contribution in [3.05, 3.63) is 0 Å². The molecule has 0 bridgehead atoms. The normalized spacial score (nSPS) is 23.9. The van der Waals surface area contributed by atoms with Gasteiger partial charge in [-0.05, 0) is 70.5 Å². The maximum absolute atomic E-state index is 11.9. The molecule has 0 aromatic heterocycles. The van der Waals surface area contributed by atoms with Crippen molar-refractivity contribution in [3.63, 3.8) is 0 Å². The van der Waals surface area contributed by atoms with Gasteiger partial charge in [-0.2, -0.15) is 0 Å². The zero-order chi connectivity index (χ0) is 19.5. The molecule has 1 amide bonds. The van der Waals surface area contributed by atoms with E-state index < -0.39 is 20.0 Å². The maximum atomic E-state index is 11.9. The van der Waals surface area contributed by atoms with Crippen molar-refractivity contribution in [2.45, 2.75) is 103 Å². The van der Waals surface area contributed by atoms with Gasteiger partial charge in [-0.1, -0.05) is 20.8 Å². The van der Waals surface area contributed by atoms with Gasteiger partial charge >= 0.3 is 6.09 Å². The second kappa shape index (κ2) is 8.40. The van der Waals surface area contributed by atoms with Gasteiger partial charge in [0.25, 0.3) is 0 Å². The van der Waals surface area contributed by atoms with Gasteiger partial charge in [0, 0.05) is 6.04 Å². The minimum Gasteiger partial charge on any atom is -0.444 e. The fourth-order valence-corrected chi connectivity index (χ4v) is 3.79. The Labute approximate surface area is 155 Å². The fraction of sp³-hybridized carbons (Fsp3) is 0.947. The quantitative estimate of drug-likeness (QED) is 0.699. The van der Waals surface area contributed by atoms with Crippen LogP contribution in [0.2, 0.25) is 18.1 Å². The van der Waals surface area contributed by atoms with E-state index in [0.29, 0.717) is 6.61 Å². The smallest absolute Gasteiger partial charge is 0.407 e. The number of rotatable bonds is 5. The van der Waals surface area contributed by atoms with Crippen LogP contribution in [0.15, 0.2) is 0 Å². The Morgan fingerprint density at radius 3 is 2.08 bits per heavy atom. The van der Waals surface area contributed by atoms with E-state index in [2.05, 4.69) is 39.2 Å². The first-order valence-electron chi connectivity index (χ1n) is 9.53. The lowest BCUT2D eigenvalue weighted by atomic mass is 9.83. The van der Waals surface area contributed by atoms with Crippen LogP contribution >= 0.6 is 0 Å². The van der Waals surface area contributed by atoms with Crippen LogP contribution in [0.5, 0.6) is 0 Å². The lowest BCUT2D eigenvalue weighted by molar-refractivity contribution is 0.0283. The number of alkyl carbamates (subject to hydrolysis) is 1. The predicted octanol–water partition coefficient (Wildman–Crippen LogP) is 4.45. The van der Waals surface area contributed by atoms with E-state index in [1.54, 1.807) is 0 Å². The van der Waals surface area contributed by atoms with Crippen LogP contribution in [-0.2, 0) is 9.16 Å². The minimum atomic E-state index is -1.82. The lowest BCUT2D eigenvalue weighted by Gasteiger charge is -2.38. The summed E-state index contributed by atoms with van der Waals surface area (Å²) in [5.74, 6) is 0.251. The standard InChI is InChI=1S/C19H39NO4Si/c1-18(2,3)24-17(22)20-15-11-9-14(10-12-15)16(21)13-23-25(7,8)19(4,5)6/h14-16,21H,9-13H2,1-8H3,(H,20,22)/t14?,15?,16-/m0/s1. The average Bonchev–Trinajstić information content (AvgIpc) is 2.42. The number of hydrogen-bond donors (Lipinski definition) is 2. The second-order valence-electron chi connectivity index (χ2n) is 9.90. The molecule has 0 radical (unpaired) electrons. The SMILES string of the molecule is CC(C)(C)OC(=O)NC1CCC([C@@H](O)CO[Si](C)(C)C(C)(C)C)CC1. The summed E-state index contributed by atoms with van der Waals surface area (Å²) in [7, 11) is -1.82. The van der Waals surface area contributed by atoms with E-state index in [0.717, 1.165) is 25.7 Å². The molecule has 1 rings (SSSR count). The van der Waals surface area contributed by atoms with Crippen LogP contribution in [0.25, 0.3) is 0 Å². The Bertz CT molecular complexity index is 432. The molecule has 0 aromatic rings. The van der Waals surface area contributed by atoms with Gasteiger partial charge in [0.15, 0.2) is 8.32 Å². The molecule has 2 N–H and O–H groups in total. The highest BCUT2D eigenvalue weighted by Crippen LogP contribution is 2.37. The zero-order valence-corrected chi connectivity index (χ0v) is 18.4. The number of ether oxygens (including phenoxy) is 1. The van der Waals surface area contributed by atoms with E-state index >= 15 is 0 Å². The third-order valence-electron chi connectivity index (χ3n) is 5.46. The zero-order valence-electron chi connectivity index (χ0n) is 17.4. The predicted molar refractivity (Wildman–Crippen MR) is 104 cm³/mol. The molecule has 5 nitrogen and oxygen atoms in total. The molecule has 1 fully saturated rings. The van der Waals surface area contributed by atoms with Gasteiger partial charge < -0.3 is 19.6 Å². The first kappa shape index (κ1) is 22.4. The van der Waals surface area contributed by atoms with E-state index in [1.165, 1.54) is 0 Å². The number of nitrogens with one attached hydrogen (secondary N) is 1. The topological polar surface area (TPSA) is 67.8 Å². The summed E-state index contributed by atoms with van der Waals surface area (Å²) in [4.78, 5) is 11.9. The average molecular weight is 374 g/mol. The molecule has 0 aliphatic heterocycles. The summed E-state index contributed by atoms with van der Waals surface area (Å²) in [5.41, 5.74) is -0.474. The number of hydrogen-bond acceptors (Lipinski definition) is 4. The molecule has 0 saturated heterocycles. The van der Waals surface area contributed by atoms with Gasteiger partial charge in [-0.3, -0.25) is 0 Å². The molecule has 1 aliphatic rings. The molecule has 148 valence electrons. The molecule has 25 heavy (non-hydrogen) atoms. The molecular weight excluding hydrogens is 334 g/mol. The van der Waals surface area contributed by atoms with E-state index in [9.17, 15) is 9.90 Å². The van der Waals surface area contributed by atoms with Crippen molar-refractivity contribution in [1.29, 1.82) is 0 Å². The maximum Gasteiger partial charge on any atom is 0.407 e. The van der Waals surface area contributed by atoms with Crippen molar-refractivity contribution < 1.29 is 19.1 Å². The minimum absolute atomic E-state index is 0.139. The number of amides is 1. The highest BCUT2D eigenvalue weighted by atomic mass is 28.4. The first-order valence-corrected chi connectivity index (χ1v) is 12.4. The number of aliphatic hydroxyl groups excluding tert-OH is 1. The Morgan fingerprint density at radius 1 is 1.12 bits per heavy atom. The Hall–Kier alpha value is -0.593. The third kappa shape index (κ3) is 7.67. The number of carbonyl (C=O) groups excluding carboxylic acids is 1. The van der Waals surface area contributed by atoms with Crippen LogP contribution in [0, 0.1) is 5.92 Å². The summed E-state index contributed by atoms with van der Waals surface area (Å²) in [5, 5.41) is 13.6. The summed E-state index contributed by atoms with van der Waals surface area (Å²) in [6, 6.07) is 0.139. The molecule has 0 heterocycles. The van der Waals surface area contributed by atoms with E-state index in [1.807, 2.05) is 20.8 Å². The molecule has 0 spiro atoms. The first-order chi connectivity index (χ1) is 11.2. The Balaban J connectivity index is 2.37. The molecule has 1 saturated carbocycles. The monoisotopic (exact) mass is 373 g/mol. The molecule has 1 atom stereocenters. The van der Waals surface area contributed by atoms with Crippen molar-refractivity contribution in [2.24, 2.45) is 5.92 Å². The third-order valence-corrected chi connectivity index (χ3v) is 9.96. The summed E-state index contributed by atoms with van der Waals surface area (Å²) in [6.45, 7) is 17.1. The summed E-state index contributed by atoms with van der Waals surface area (Å²) < 4.78 is 11.5. The molecule has 1 aliphatic carbocycles. The lowest BCUT2D eigenvalue weighted by Crippen LogP contribution is -2.45. The van der Waals surface area contributed by atoms with Crippen molar-refractivity contribution in [1.82, 2.24) is 5.32 Å².